The number of ether oxygens (including phenoxy) is 1. The van der Waals surface area contributed by atoms with Gasteiger partial charge in [-0.15, -0.1) is 0 Å². The van der Waals surface area contributed by atoms with Gasteiger partial charge in [0.2, 0.25) is 5.91 Å². The minimum absolute atomic E-state index is 0.00131. The fraction of sp³-hybridized carbons (Fsp3) is 0.424. The zero-order valence-electron chi connectivity index (χ0n) is 24.2. The second kappa shape index (κ2) is 13.5. The first-order chi connectivity index (χ1) is 20.0. The highest BCUT2D eigenvalue weighted by molar-refractivity contribution is 7.98. The van der Waals surface area contributed by atoms with Crippen molar-refractivity contribution >= 4 is 34.6 Å². The third-order valence-corrected chi connectivity index (χ3v) is 8.57. The first-order valence-corrected chi connectivity index (χ1v) is 15.9. The number of H-pyrrole nitrogens is 1. The third kappa shape index (κ3) is 7.49. The molecule has 2 aromatic carbocycles. The molecule has 2 saturated carbocycles. The second-order valence-electron chi connectivity index (χ2n) is 11.2. The van der Waals surface area contributed by atoms with Gasteiger partial charge >= 0.3 is 0 Å². The van der Waals surface area contributed by atoms with E-state index in [0.717, 1.165) is 45.4 Å². The fourth-order valence-electron chi connectivity index (χ4n) is 5.72. The van der Waals surface area contributed by atoms with Gasteiger partial charge in [0.1, 0.15) is 12.6 Å². The second-order valence-corrected chi connectivity index (χ2v) is 12.2. The van der Waals surface area contributed by atoms with Crippen LogP contribution in [0, 0.1) is 17.8 Å². The van der Waals surface area contributed by atoms with Crippen LogP contribution in [0.4, 0.5) is 5.69 Å². The molecule has 1 unspecified atom stereocenters. The molecule has 0 spiro atoms. The molecule has 0 bridgehead atoms. The highest BCUT2D eigenvalue weighted by Gasteiger charge is 2.49. The zero-order chi connectivity index (χ0) is 28.8. The van der Waals surface area contributed by atoms with Gasteiger partial charge in [-0.25, -0.2) is 4.98 Å². The van der Waals surface area contributed by atoms with Gasteiger partial charge < -0.3 is 20.8 Å². The number of nitrogens with two attached hydrogens (primary N) is 1. The van der Waals surface area contributed by atoms with Crippen LogP contribution in [-0.2, 0) is 9.53 Å². The smallest absolute Gasteiger partial charge is 0.235 e. The van der Waals surface area contributed by atoms with E-state index in [9.17, 15) is 4.79 Å². The molecule has 8 heteroatoms. The van der Waals surface area contributed by atoms with Gasteiger partial charge in [0.15, 0.2) is 0 Å². The number of aromatic amines is 1. The summed E-state index contributed by atoms with van der Waals surface area (Å²) in [6, 6.07) is 18.0. The summed E-state index contributed by atoms with van der Waals surface area (Å²) in [7, 11) is 0. The number of amides is 1. The van der Waals surface area contributed by atoms with Crippen molar-refractivity contribution in [2.75, 3.05) is 30.7 Å². The maximum absolute atomic E-state index is 14.0. The topological polar surface area (TPSA) is 105 Å². The van der Waals surface area contributed by atoms with Crippen molar-refractivity contribution in [3.63, 3.8) is 0 Å². The Morgan fingerprint density at radius 2 is 1.78 bits per heavy atom. The monoisotopic (exact) mass is 571 g/mol. The number of carbonyl (C=O) groups excluding carboxylic acids is 1. The van der Waals surface area contributed by atoms with Crippen molar-refractivity contribution in [2.24, 2.45) is 28.5 Å². The Bertz CT molecular complexity index is 1360. The van der Waals surface area contributed by atoms with Crippen molar-refractivity contribution < 1.29 is 9.53 Å². The molecule has 1 heterocycles. The average molecular weight is 572 g/mol. The summed E-state index contributed by atoms with van der Waals surface area (Å²) in [6.45, 7) is 4.81. The summed E-state index contributed by atoms with van der Waals surface area (Å²) in [5.74, 6) is 2.90. The van der Waals surface area contributed by atoms with E-state index in [1.807, 2.05) is 62.5 Å². The number of nitrogens with zero attached hydrogens (tertiary/aromatic N) is 2. The van der Waals surface area contributed by atoms with Crippen LogP contribution in [0.1, 0.15) is 56.8 Å². The quantitative estimate of drug-likeness (QED) is 0.147. The Labute approximate surface area is 247 Å². The molecule has 2 aliphatic carbocycles. The number of allylic oxidation sites excluding steroid dienone is 2. The lowest BCUT2D eigenvalue weighted by atomic mass is 9.82. The summed E-state index contributed by atoms with van der Waals surface area (Å²) >= 11 is 1.75. The number of aromatic nitrogens is 2. The maximum atomic E-state index is 14.0. The van der Waals surface area contributed by atoms with Gasteiger partial charge in [0.05, 0.1) is 24.4 Å². The molecule has 2 aliphatic rings. The van der Waals surface area contributed by atoms with Gasteiger partial charge in [-0.2, -0.15) is 11.8 Å². The molecule has 4 N–H and O–H groups in total. The summed E-state index contributed by atoms with van der Waals surface area (Å²) in [4.78, 5) is 26.8. The number of imidazole rings is 1. The number of hydrogen-bond acceptors (Lipinski definition) is 6. The summed E-state index contributed by atoms with van der Waals surface area (Å²) in [5, 5.41) is 3.22. The molecule has 1 amide bonds. The van der Waals surface area contributed by atoms with Crippen LogP contribution < -0.4 is 11.1 Å². The predicted molar refractivity (Wildman–Crippen MR) is 170 cm³/mol. The zero-order valence-corrected chi connectivity index (χ0v) is 25.0. The van der Waals surface area contributed by atoms with Gasteiger partial charge in [-0.3, -0.25) is 9.79 Å². The van der Waals surface area contributed by atoms with E-state index >= 15 is 0 Å². The van der Waals surface area contributed by atoms with Gasteiger partial charge in [-0.05, 0) is 86.8 Å². The number of aliphatic imine (C=N–C) groups is 1. The lowest BCUT2D eigenvalue weighted by Crippen LogP contribution is -2.31. The van der Waals surface area contributed by atoms with E-state index in [0.29, 0.717) is 36.8 Å². The Hall–Kier alpha value is -3.36. The van der Waals surface area contributed by atoms with Gasteiger partial charge in [0, 0.05) is 28.4 Å². The van der Waals surface area contributed by atoms with E-state index in [1.54, 1.807) is 11.8 Å². The SMILES string of the molecule is CSCCOCN=C(C)C(=C(C)N)c1ccc(NC(=O)C(c2ncc(-c3ccccc3)[nH]2)C(C2CC2)C2CC2)cc1. The van der Waals surface area contributed by atoms with Crippen LogP contribution in [0.5, 0.6) is 0 Å². The maximum Gasteiger partial charge on any atom is 0.235 e. The standard InChI is InChI=1S/C33H41N5O2S/c1-21(34)29(22(2)36-20-40-17-18-41-3)24-13-15-27(16-14-24)37-33(39)31(30(25-9-10-25)26-11-12-26)32-35-19-28(38-32)23-7-5-4-6-8-23/h4-8,13-16,19,25-26,30-31H,9-12,17-18,20,34H2,1-3H3,(H,35,38)(H,37,39). The molecule has 3 aromatic rings. The largest absolute Gasteiger partial charge is 0.402 e. The molecule has 0 aliphatic heterocycles. The number of benzene rings is 2. The van der Waals surface area contributed by atoms with E-state index in [4.69, 9.17) is 15.5 Å². The lowest BCUT2D eigenvalue weighted by Gasteiger charge is -2.25. The number of carbonyl (C=O) groups is 1. The van der Waals surface area contributed by atoms with Crippen LogP contribution >= 0.6 is 11.8 Å². The minimum atomic E-state index is -0.311. The predicted octanol–water partition coefficient (Wildman–Crippen LogP) is 6.72. The van der Waals surface area contributed by atoms with E-state index in [-0.39, 0.29) is 11.8 Å². The Kier molecular flexibility index (Phi) is 9.62. The first kappa shape index (κ1) is 29.1. The number of rotatable bonds is 14. The van der Waals surface area contributed by atoms with E-state index < -0.39 is 0 Å². The molecule has 2 fully saturated rings. The van der Waals surface area contributed by atoms with Crippen molar-refractivity contribution in [3.8, 4) is 11.3 Å². The molecule has 41 heavy (non-hydrogen) atoms. The normalized spacial score (nSPS) is 16.9. The van der Waals surface area contributed by atoms with Crippen LogP contribution in [0.25, 0.3) is 16.8 Å². The van der Waals surface area contributed by atoms with Crippen LogP contribution in [0.2, 0.25) is 0 Å². The molecule has 1 aromatic heterocycles. The van der Waals surface area contributed by atoms with E-state index in [2.05, 4.69) is 33.7 Å². The molecular formula is C33H41N5O2S. The fourth-order valence-corrected chi connectivity index (χ4v) is 6.01. The minimum Gasteiger partial charge on any atom is -0.402 e. The van der Waals surface area contributed by atoms with Crippen LogP contribution in [0.3, 0.4) is 0 Å². The molecule has 7 nitrogen and oxygen atoms in total. The number of thioether (sulfide) groups is 1. The Morgan fingerprint density at radius 1 is 1.10 bits per heavy atom. The molecule has 0 radical (unpaired) electrons. The molecule has 0 saturated heterocycles. The molecule has 216 valence electrons. The van der Waals surface area contributed by atoms with E-state index in [1.165, 1.54) is 25.7 Å². The Morgan fingerprint density at radius 3 is 2.39 bits per heavy atom. The average Bonchev–Trinajstić information content (AvgIpc) is 3.92. The van der Waals surface area contributed by atoms with Crippen molar-refractivity contribution in [2.45, 2.75) is 45.4 Å². The van der Waals surface area contributed by atoms with Gasteiger partial charge in [-0.1, -0.05) is 42.5 Å². The van der Waals surface area contributed by atoms with Crippen molar-refractivity contribution in [3.05, 3.63) is 77.9 Å². The number of anilines is 1. The summed E-state index contributed by atoms with van der Waals surface area (Å²) in [6.07, 6.45) is 8.70. The molecule has 5 rings (SSSR count). The molecular weight excluding hydrogens is 530 g/mol. The summed E-state index contributed by atoms with van der Waals surface area (Å²) < 4.78 is 5.59. The number of hydrogen-bond donors (Lipinski definition) is 3. The van der Waals surface area contributed by atoms with Crippen molar-refractivity contribution in [1.82, 2.24) is 9.97 Å². The van der Waals surface area contributed by atoms with Gasteiger partial charge in [0.25, 0.3) is 0 Å². The Balaban J connectivity index is 1.33. The molecule has 1 atom stereocenters. The highest BCUT2D eigenvalue weighted by Crippen LogP contribution is 2.54. The number of nitrogens with one attached hydrogen (secondary N) is 2. The highest BCUT2D eigenvalue weighted by atomic mass is 32.2. The third-order valence-electron chi connectivity index (χ3n) is 8.00. The summed E-state index contributed by atoms with van der Waals surface area (Å²) in [5.41, 5.74) is 12.4. The van der Waals surface area contributed by atoms with Crippen LogP contribution in [0.15, 0.2) is 71.5 Å². The lowest BCUT2D eigenvalue weighted by molar-refractivity contribution is -0.119. The first-order valence-electron chi connectivity index (χ1n) is 14.5. The van der Waals surface area contributed by atoms with Crippen LogP contribution in [-0.4, -0.2) is 46.9 Å². The van der Waals surface area contributed by atoms with Crippen molar-refractivity contribution in [1.29, 1.82) is 0 Å².